The molecular formula is C10H12N4O4. The smallest absolute Gasteiger partial charge is 0.289 e. The summed E-state index contributed by atoms with van der Waals surface area (Å²) in [5, 5.41) is 40.3. The van der Waals surface area contributed by atoms with E-state index in [1.54, 1.807) is 6.07 Å². The van der Waals surface area contributed by atoms with Crippen LogP contribution in [0.25, 0.3) is 0 Å². The molecule has 0 unspecified atom stereocenters. The fourth-order valence-corrected chi connectivity index (χ4v) is 1.15. The van der Waals surface area contributed by atoms with Crippen LogP contribution in [0.15, 0.2) is 12.3 Å². The zero-order chi connectivity index (χ0) is 13.8. The Morgan fingerprint density at radius 2 is 2.22 bits per heavy atom. The third-order valence-electron chi connectivity index (χ3n) is 2.32. The van der Waals surface area contributed by atoms with Crippen LogP contribution in [0.1, 0.15) is 12.5 Å². The molecule has 0 radical (unpaired) electrons. The van der Waals surface area contributed by atoms with Gasteiger partial charge in [0.15, 0.2) is 0 Å². The van der Waals surface area contributed by atoms with Crippen LogP contribution in [0, 0.1) is 21.4 Å². The summed E-state index contributed by atoms with van der Waals surface area (Å²) in [6, 6.07) is 2.84. The summed E-state index contributed by atoms with van der Waals surface area (Å²) in [5.41, 5.74) is -1.39. The number of hydrogen-bond donors (Lipinski definition) is 3. The zero-order valence-corrected chi connectivity index (χ0v) is 9.62. The molecule has 0 aliphatic rings. The highest BCUT2D eigenvalue weighted by molar-refractivity contribution is 5.56. The molecule has 0 saturated heterocycles. The van der Waals surface area contributed by atoms with Gasteiger partial charge in [0.25, 0.3) is 5.69 Å². The number of aliphatic hydroxyl groups is 2. The van der Waals surface area contributed by atoms with Gasteiger partial charge in [-0.1, -0.05) is 0 Å². The number of rotatable bonds is 5. The molecule has 0 saturated carbocycles. The number of aromatic nitrogens is 1. The van der Waals surface area contributed by atoms with Crippen LogP contribution in [0.3, 0.4) is 0 Å². The van der Waals surface area contributed by atoms with E-state index in [2.05, 4.69) is 10.3 Å². The van der Waals surface area contributed by atoms with Crippen LogP contribution in [0.2, 0.25) is 0 Å². The summed E-state index contributed by atoms with van der Waals surface area (Å²) in [5.74, 6) is 0.0775. The minimum Gasteiger partial charge on any atom is -0.394 e. The molecule has 0 atom stereocenters. The Hall–Kier alpha value is -2.24. The first-order chi connectivity index (χ1) is 8.45. The first-order valence-electron chi connectivity index (χ1n) is 5.00. The molecule has 0 aliphatic heterocycles. The number of nitriles is 1. The van der Waals surface area contributed by atoms with Gasteiger partial charge in [-0.2, -0.15) is 5.26 Å². The molecule has 0 bridgehead atoms. The molecule has 0 aliphatic carbocycles. The maximum absolute atomic E-state index is 10.5. The van der Waals surface area contributed by atoms with Crippen LogP contribution >= 0.6 is 0 Å². The normalized spacial score (nSPS) is 10.8. The number of pyridine rings is 1. The Labute approximate surface area is 103 Å². The molecule has 1 rings (SSSR count). The van der Waals surface area contributed by atoms with E-state index in [1.165, 1.54) is 6.92 Å². The fourth-order valence-electron chi connectivity index (χ4n) is 1.15. The number of anilines is 1. The molecule has 96 valence electrons. The van der Waals surface area contributed by atoms with Crippen molar-refractivity contribution in [1.82, 2.24) is 4.98 Å². The third kappa shape index (κ3) is 2.91. The van der Waals surface area contributed by atoms with E-state index < -0.39 is 10.5 Å². The second kappa shape index (κ2) is 5.39. The Balaban J connectivity index is 3.11. The molecule has 8 nitrogen and oxygen atoms in total. The highest BCUT2D eigenvalue weighted by Crippen LogP contribution is 2.21. The van der Waals surface area contributed by atoms with E-state index in [0.29, 0.717) is 0 Å². The molecule has 0 spiro atoms. The molecule has 1 aromatic heterocycles. The molecule has 0 fully saturated rings. The van der Waals surface area contributed by atoms with Gasteiger partial charge in [-0.3, -0.25) is 10.1 Å². The first kappa shape index (κ1) is 13.8. The Morgan fingerprint density at radius 3 is 2.67 bits per heavy atom. The summed E-state index contributed by atoms with van der Waals surface area (Å²) in [4.78, 5) is 13.6. The van der Waals surface area contributed by atoms with Crippen molar-refractivity contribution in [3.8, 4) is 6.07 Å². The van der Waals surface area contributed by atoms with Crippen molar-refractivity contribution in [3.63, 3.8) is 0 Å². The molecule has 0 aromatic carbocycles. The van der Waals surface area contributed by atoms with Crippen molar-refractivity contribution in [2.75, 3.05) is 18.5 Å². The van der Waals surface area contributed by atoms with Crippen molar-refractivity contribution < 1.29 is 15.1 Å². The van der Waals surface area contributed by atoms with Gasteiger partial charge in [0, 0.05) is 6.07 Å². The van der Waals surface area contributed by atoms with Crippen LogP contribution < -0.4 is 5.32 Å². The summed E-state index contributed by atoms with van der Waals surface area (Å²) in [6.07, 6.45) is 0.998. The summed E-state index contributed by atoms with van der Waals surface area (Å²) in [6.45, 7) is 0.761. The van der Waals surface area contributed by atoms with E-state index in [1.807, 2.05) is 0 Å². The molecule has 1 aromatic rings. The highest BCUT2D eigenvalue weighted by Gasteiger charge is 2.24. The van der Waals surface area contributed by atoms with E-state index in [4.69, 9.17) is 15.5 Å². The van der Waals surface area contributed by atoms with E-state index in [-0.39, 0.29) is 30.3 Å². The maximum atomic E-state index is 10.5. The standard InChI is InChI=1S/C10H12N4O4/c1-10(5-15,6-16)13-9-7(3-11)2-8(4-12-9)14(17)18/h2,4,15-16H,5-6H2,1H3,(H,12,13). The van der Waals surface area contributed by atoms with E-state index in [9.17, 15) is 10.1 Å². The van der Waals surface area contributed by atoms with Crippen molar-refractivity contribution in [3.05, 3.63) is 27.9 Å². The topological polar surface area (TPSA) is 132 Å². The Bertz CT molecular complexity index is 493. The van der Waals surface area contributed by atoms with Crippen molar-refractivity contribution in [1.29, 1.82) is 5.26 Å². The molecule has 0 amide bonds. The van der Waals surface area contributed by atoms with Crippen LogP contribution in [-0.4, -0.2) is 38.9 Å². The van der Waals surface area contributed by atoms with Gasteiger partial charge >= 0.3 is 0 Å². The van der Waals surface area contributed by atoms with Crippen LogP contribution in [0.4, 0.5) is 11.5 Å². The summed E-state index contributed by atoms with van der Waals surface area (Å²) >= 11 is 0. The first-order valence-corrected chi connectivity index (χ1v) is 5.00. The van der Waals surface area contributed by atoms with Gasteiger partial charge in [-0.15, -0.1) is 0 Å². The summed E-state index contributed by atoms with van der Waals surface area (Å²) < 4.78 is 0. The molecule has 18 heavy (non-hydrogen) atoms. The fraction of sp³-hybridized carbons (Fsp3) is 0.400. The lowest BCUT2D eigenvalue weighted by Crippen LogP contribution is -2.43. The zero-order valence-electron chi connectivity index (χ0n) is 9.62. The van der Waals surface area contributed by atoms with E-state index in [0.717, 1.165) is 12.3 Å². The van der Waals surface area contributed by atoms with E-state index >= 15 is 0 Å². The van der Waals surface area contributed by atoms with Crippen molar-refractivity contribution in [2.45, 2.75) is 12.5 Å². The number of nitrogens with one attached hydrogen (secondary N) is 1. The SMILES string of the molecule is CC(CO)(CO)Nc1ncc([N+](=O)[O-])cc1C#N. The van der Waals surface area contributed by atoms with Gasteiger partial charge in [0.1, 0.15) is 23.6 Å². The molecule has 1 heterocycles. The molecular weight excluding hydrogens is 240 g/mol. The van der Waals surface area contributed by atoms with Gasteiger partial charge in [-0.05, 0) is 6.92 Å². The predicted octanol–water partition coefficient (Wildman–Crippen LogP) is 0.0167. The third-order valence-corrected chi connectivity index (χ3v) is 2.32. The average molecular weight is 252 g/mol. The quantitative estimate of drug-likeness (QED) is 0.496. The van der Waals surface area contributed by atoms with Crippen molar-refractivity contribution in [2.24, 2.45) is 0 Å². The van der Waals surface area contributed by atoms with Gasteiger partial charge in [-0.25, -0.2) is 4.98 Å². The number of hydrogen-bond acceptors (Lipinski definition) is 7. The van der Waals surface area contributed by atoms with Gasteiger partial charge in [0.2, 0.25) is 0 Å². The lowest BCUT2D eigenvalue weighted by atomic mass is 10.1. The molecule has 3 N–H and O–H groups in total. The predicted molar refractivity (Wildman–Crippen MR) is 61.8 cm³/mol. The van der Waals surface area contributed by atoms with Gasteiger partial charge in [0.05, 0.1) is 23.7 Å². The average Bonchev–Trinajstić information content (AvgIpc) is 2.38. The second-order valence-corrected chi connectivity index (χ2v) is 3.96. The summed E-state index contributed by atoms with van der Waals surface area (Å²) in [7, 11) is 0. The minimum absolute atomic E-state index is 0.0303. The number of aliphatic hydroxyl groups excluding tert-OH is 2. The van der Waals surface area contributed by atoms with Crippen LogP contribution in [-0.2, 0) is 0 Å². The Kier molecular flexibility index (Phi) is 4.14. The lowest BCUT2D eigenvalue weighted by Gasteiger charge is -2.27. The highest BCUT2D eigenvalue weighted by atomic mass is 16.6. The largest absolute Gasteiger partial charge is 0.394 e. The van der Waals surface area contributed by atoms with Crippen LogP contribution in [0.5, 0.6) is 0 Å². The minimum atomic E-state index is -1.06. The second-order valence-electron chi connectivity index (χ2n) is 3.96. The van der Waals surface area contributed by atoms with Gasteiger partial charge < -0.3 is 15.5 Å². The monoisotopic (exact) mass is 252 g/mol. The number of nitro groups is 1. The maximum Gasteiger partial charge on any atom is 0.289 e. The van der Waals surface area contributed by atoms with Crippen molar-refractivity contribution >= 4 is 11.5 Å². The Morgan fingerprint density at radius 1 is 1.61 bits per heavy atom. The number of nitrogens with zero attached hydrogens (tertiary/aromatic N) is 3. The lowest BCUT2D eigenvalue weighted by molar-refractivity contribution is -0.385. The molecule has 8 heteroatoms.